The number of thioether (sulfide) groups is 1. The molecule has 0 saturated carbocycles. The monoisotopic (exact) mass is 468 g/mol. The first-order chi connectivity index (χ1) is 15.0. The van der Waals surface area contributed by atoms with Gasteiger partial charge in [0.15, 0.2) is 0 Å². The molecule has 1 N–H and O–H groups in total. The minimum atomic E-state index is -1.05. The van der Waals surface area contributed by atoms with Crippen LogP contribution in [0.1, 0.15) is 52.3 Å². The van der Waals surface area contributed by atoms with Gasteiger partial charge in [-0.3, -0.25) is 14.7 Å². The van der Waals surface area contributed by atoms with E-state index in [1.54, 1.807) is 12.3 Å². The van der Waals surface area contributed by atoms with Crippen molar-refractivity contribution in [2.75, 3.05) is 0 Å². The summed E-state index contributed by atoms with van der Waals surface area (Å²) in [6.07, 6.45) is 3.79. The van der Waals surface area contributed by atoms with Crippen molar-refractivity contribution in [3.8, 4) is 11.1 Å². The number of aromatic nitrogens is 1. The summed E-state index contributed by atoms with van der Waals surface area (Å²) >= 11 is 6.44. The molecule has 0 unspecified atom stereocenters. The van der Waals surface area contributed by atoms with Crippen molar-refractivity contribution in [2.24, 2.45) is 5.92 Å². The van der Waals surface area contributed by atoms with Crippen LogP contribution in [0.15, 0.2) is 47.5 Å². The number of carboxylic acid groups (broad SMARTS) is 1. The number of thiocarbonyl (C=S) groups is 1. The van der Waals surface area contributed by atoms with Crippen molar-refractivity contribution in [3.63, 3.8) is 0 Å². The number of carbonyl (C=O) groups is 2. The van der Waals surface area contributed by atoms with E-state index in [1.165, 1.54) is 10.5 Å². The van der Waals surface area contributed by atoms with Crippen LogP contribution in [0.25, 0.3) is 17.2 Å². The number of hydrogen-bond donors (Lipinski definition) is 1. The van der Waals surface area contributed by atoms with Crippen molar-refractivity contribution in [1.82, 2.24) is 9.88 Å². The number of amides is 1. The van der Waals surface area contributed by atoms with Gasteiger partial charge in [-0.2, -0.15) is 0 Å². The van der Waals surface area contributed by atoms with E-state index >= 15 is 0 Å². The Labute approximate surface area is 198 Å². The second-order valence-electron chi connectivity index (χ2n) is 9.33. The predicted molar refractivity (Wildman–Crippen MR) is 134 cm³/mol. The van der Waals surface area contributed by atoms with E-state index in [1.807, 2.05) is 26.0 Å². The number of carbonyl (C=O) groups excluding carboxylic acids is 1. The zero-order valence-corrected chi connectivity index (χ0v) is 20.6. The van der Waals surface area contributed by atoms with Crippen molar-refractivity contribution in [1.29, 1.82) is 0 Å². The second kappa shape index (κ2) is 9.55. The van der Waals surface area contributed by atoms with Crippen LogP contribution in [-0.2, 0) is 15.0 Å². The fourth-order valence-electron chi connectivity index (χ4n) is 3.47. The van der Waals surface area contributed by atoms with Crippen LogP contribution in [0.4, 0.5) is 0 Å². The van der Waals surface area contributed by atoms with E-state index in [4.69, 9.17) is 12.2 Å². The van der Waals surface area contributed by atoms with Gasteiger partial charge < -0.3 is 5.11 Å². The highest BCUT2D eigenvalue weighted by atomic mass is 32.2. The molecule has 1 aliphatic rings. The number of nitrogens with zero attached hydrogens (tertiary/aromatic N) is 2. The molecule has 1 atom stereocenters. The Balaban J connectivity index is 1.80. The molecule has 168 valence electrons. The number of carboxylic acids is 1. The summed E-state index contributed by atoms with van der Waals surface area (Å²) in [4.78, 5) is 30.7. The summed E-state index contributed by atoms with van der Waals surface area (Å²) in [5.41, 5.74) is 4.04. The predicted octanol–water partition coefficient (Wildman–Crippen LogP) is 5.75. The van der Waals surface area contributed by atoms with Crippen LogP contribution < -0.4 is 0 Å². The number of aliphatic carboxylic acids is 1. The normalized spacial score (nSPS) is 16.8. The molecule has 0 radical (unpaired) electrons. The Morgan fingerprint density at radius 2 is 1.78 bits per heavy atom. The maximum atomic E-state index is 12.9. The average molecular weight is 469 g/mol. The van der Waals surface area contributed by atoms with Crippen LogP contribution in [0.5, 0.6) is 0 Å². The zero-order valence-electron chi connectivity index (χ0n) is 19.0. The molecule has 1 aromatic heterocycles. The van der Waals surface area contributed by atoms with Gasteiger partial charge in [-0.15, -0.1) is 0 Å². The van der Waals surface area contributed by atoms with Gasteiger partial charge in [0.2, 0.25) is 0 Å². The van der Waals surface area contributed by atoms with Gasteiger partial charge >= 0.3 is 5.97 Å². The summed E-state index contributed by atoms with van der Waals surface area (Å²) in [5, 5.41) is 9.60. The number of rotatable bonds is 6. The molecular formula is C25H28N2O3S2. The molecule has 1 saturated heterocycles. The Morgan fingerprint density at radius 3 is 2.28 bits per heavy atom. The molecule has 1 aliphatic heterocycles. The number of pyridine rings is 1. The van der Waals surface area contributed by atoms with Gasteiger partial charge in [-0.05, 0) is 41.0 Å². The fourth-order valence-corrected chi connectivity index (χ4v) is 4.81. The Morgan fingerprint density at radius 1 is 1.16 bits per heavy atom. The number of benzene rings is 1. The molecule has 0 aliphatic carbocycles. The Bertz CT molecular complexity index is 1050. The molecule has 2 heterocycles. The lowest BCUT2D eigenvalue weighted by molar-refractivity contribution is -0.145. The Kier molecular flexibility index (Phi) is 7.20. The van der Waals surface area contributed by atoms with Crippen molar-refractivity contribution in [3.05, 3.63) is 58.8 Å². The smallest absolute Gasteiger partial charge is 0.326 e. The molecule has 2 aromatic rings. The van der Waals surface area contributed by atoms with Crippen molar-refractivity contribution in [2.45, 2.75) is 52.5 Å². The highest BCUT2D eigenvalue weighted by molar-refractivity contribution is 8.26. The van der Waals surface area contributed by atoms with Gasteiger partial charge in [0, 0.05) is 11.8 Å². The fraction of sp³-hybridized carbons (Fsp3) is 0.360. The molecule has 0 spiro atoms. The van der Waals surface area contributed by atoms with Gasteiger partial charge in [0.05, 0.1) is 10.6 Å². The first-order valence-electron chi connectivity index (χ1n) is 10.5. The molecule has 1 aromatic carbocycles. The van der Waals surface area contributed by atoms with E-state index < -0.39 is 12.0 Å². The molecular weight excluding hydrogens is 440 g/mol. The average Bonchev–Trinajstić information content (AvgIpc) is 2.99. The minimum Gasteiger partial charge on any atom is -0.480 e. The first-order valence-corrected chi connectivity index (χ1v) is 11.8. The highest BCUT2D eigenvalue weighted by Gasteiger charge is 2.40. The van der Waals surface area contributed by atoms with Gasteiger partial charge in [0.25, 0.3) is 5.91 Å². The van der Waals surface area contributed by atoms with Crippen molar-refractivity contribution >= 4 is 46.3 Å². The minimum absolute atomic E-state index is 0.0988. The maximum absolute atomic E-state index is 12.9. The van der Waals surface area contributed by atoms with Crippen LogP contribution in [-0.4, -0.2) is 37.2 Å². The van der Waals surface area contributed by atoms with Gasteiger partial charge in [-0.1, -0.05) is 88.9 Å². The molecule has 1 fully saturated rings. The molecule has 0 bridgehead atoms. The van der Waals surface area contributed by atoms with Crippen LogP contribution in [0.3, 0.4) is 0 Å². The summed E-state index contributed by atoms with van der Waals surface area (Å²) in [6, 6.07) is 11.3. The lowest BCUT2D eigenvalue weighted by Gasteiger charge is -2.24. The molecule has 3 rings (SSSR count). The lowest BCUT2D eigenvalue weighted by atomic mass is 9.86. The van der Waals surface area contributed by atoms with Crippen LogP contribution in [0, 0.1) is 5.92 Å². The van der Waals surface area contributed by atoms with E-state index in [2.05, 4.69) is 50.0 Å². The summed E-state index contributed by atoms with van der Waals surface area (Å²) in [5.74, 6) is -1.30. The van der Waals surface area contributed by atoms with E-state index in [9.17, 15) is 14.7 Å². The van der Waals surface area contributed by atoms with Crippen LogP contribution >= 0.6 is 24.0 Å². The summed E-state index contributed by atoms with van der Waals surface area (Å²) in [6.45, 7) is 10.4. The van der Waals surface area contributed by atoms with E-state index in [-0.39, 0.29) is 21.6 Å². The molecule has 32 heavy (non-hydrogen) atoms. The SMILES string of the molecule is CC(C)C[C@@H](C(=O)O)N1C(=O)/C(=C\c2ccc(-c3ccc(C(C)(C)C)cc3)cn2)SC1=S. The number of hydrogen-bond acceptors (Lipinski definition) is 5. The van der Waals surface area contributed by atoms with Gasteiger partial charge in [0.1, 0.15) is 10.4 Å². The third-order valence-electron chi connectivity index (χ3n) is 5.26. The van der Waals surface area contributed by atoms with Crippen molar-refractivity contribution < 1.29 is 14.7 Å². The highest BCUT2D eigenvalue weighted by Crippen LogP contribution is 2.35. The van der Waals surface area contributed by atoms with E-state index in [0.717, 1.165) is 22.9 Å². The quantitative estimate of drug-likeness (QED) is 0.430. The zero-order chi connectivity index (χ0) is 23.6. The summed E-state index contributed by atoms with van der Waals surface area (Å²) in [7, 11) is 0. The lowest BCUT2D eigenvalue weighted by Crippen LogP contribution is -2.44. The largest absolute Gasteiger partial charge is 0.480 e. The van der Waals surface area contributed by atoms with E-state index in [0.29, 0.717) is 17.0 Å². The third kappa shape index (κ3) is 5.45. The molecule has 5 nitrogen and oxygen atoms in total. The summed E-state index contributed by atoms with van der Waals surface area (Å²) < 4.78 is 0.268. The maximum Gasteiger partial charge on any atom is 0.326 e. The first kappa shape index (κ1) is 24.1. The molecule has 7 heteroatoms. The third-order valence-corrected chi connectivity index (χ3v) is 6.59. The van der Waals surface area contributed by atoms with Gasteiger partial charge in [-0.25, -0.2) is 4.79 Å². The standard InChI is InChI=1S/C25H28N2O3S2/c1-15(2)12-20(23(29)30)27-22(28)21(32-24(27)31)13-19-11-8-17(14-26-19)16-6-9-18(10-7-16)25(3,4)5/h6-11,13-15,20H,12H2,1-5H3,(H,29,30)/b21-13+/t20-/m0/s1. The molecule has 1 amide bonds. The Hall–Kier alpha value is -2.51. The topological polar surface area (TPSA) is 70.5 Å². The second-order valence-corrected chi connectivity index (χ2v) is 11.0. The van der Waals surface area contributed by atoms with Crippen LogP contribution in [0.2, 0.25) is 0 Å².